The highest BCUT2D eigenvalue weighted by Gasteiger charge is 2.31. The quantitative estimate of drug-likeness (QED) is 0.532. The van der Waals surface area contributed by atoms with Crippen LogP contribution in [-0.4, -0.2) is 17.5 Å². The molecule has 0 spiro atoms. The van der Waals surface area contributed by atoms with Gasteiger partial charge in [0.1, 0.15) is 10.7 Å². The first-order chi connectivity index (χ1) is 13.9. The van der Waals surface area contributed by atoms with E-state index in [0.29, 0.717) is 16.9 Å². The normalized spacial score (nSPS) is 13.3. The van der Waals surface area contributed by atoms with Crippen molar-refractivity contribution in [3.05, 3.63) is 107 Å². The van der Waals surface area contributed by atoms with E-state index >= 15 is 0 Å². The van der Waals surface area contributed by atoms with Crippen LogP contribution in [0, 0.1) is 0 Å². The number of carbonyl (C=O) groups excluding carboxylic acids is 3. The Morgan fingerprint density at radius 3 is 2.14 bits per heavy atom. The van der Waals surface area contributed by atoms with Gasteiger partial charge in [-0.2, -0.15) is 0 Å². The van der Waals surface area contributed by atoms with E-state index in [9.17, 15) is 14.4 Å². The van der Waals surface area contributed by atoms with E-state index in [-0.39, 0.29) is 33.6 Å². The first-order valence-electron chi connectivity index (χ1n) is 8.67. The topological polar surface area (TPSA) is 75.3 Å². The first kappa shape index (κ1) is 20.0. The van der Waals surface area contributed by atoms with E-state index in [1.807, 2.05) is 0 Å². The van der Waals surface area contributed by atoms with Crippen molar-refractivity contribution < 1.29 is 14.4 Å². The molecule has 1 aliphatic carbocycles. The fourth-order valence-corrected chi connectivity index (χ4v) is 2.94. The molecule has 0 aromatic heterocycles. The summed E-state index contributed by atoms with van der Waals surface area (Å²) < 4.78 is 0. The number of rotatable bonds is 6. The Morgan fingerprint density at radius 2 is 1.52 bits per heavy atom. The summed E-state index contributed by atoms with van der Waals surface area (Å²) in [6.45, 7) is 7.21. The van der Waals surface area contributed by atoms with Crippen molar-refractivity contribution in [2.75, 3.05) is 10.6 Å². The third-order valence-electron chi connectivity index (χ3n) is 4.20. The summed E-state index contributed by atoms with van der Waals surface area (Å²) >= 11 is 6.15. The van der Waals surface area contributed by atoms with Crippen LogP contribution < -0.4 is 10.6 Å². The van der Waals surface area contributed by atoms with Gasteiger partial charge < -0.3 is 10.6 Å². The van der Waals surface area contributed by atoms with Crippen molar-refractivity contribution in [2.24, 2.45) is 0 Å². The maximum absolute atomic E-state index is 12.7. The van der Waals surface area contributed by atoms with Crippen LogP contribution in [0.25, 0.3) is 0 Å². The molecule has 0 atom stereocenters. The Balaban J connectivity index is 1.75. The van der Waals surface area contributed by atoms with Crippen molar-refractivity contribution in [3.63, 3.8) is 0 Å². The van der Waals surface area contributed by atoms with Crippen LogP contribution in [0.1, 0.15) is 20.7 Å². The van der Waals surface area contributed by atoms with Crippen LogP contribution >= 0.6 is 11.6 Å². The predicted octanol–water partition coefficient (Wildman–Crippen LogP) is 4.87. The number of ketones is 2. The molecule has 144 valence electrons. The molecule has 1 aliphatic rings. The molecular formula is C23H17ClN2O3. The summed E-state index contributed by atoms with van der Waals surface area (Å²) in [7, 11) is 0. The van der Waals surface area contributed by atoms with Gasteiger partial charge in [0.05, 0.1) is 0 Å². The van der Waals surface area contributed by atoms with Crippen molar-refractivity contribution in [1.29, 1.82) is 0 Å². The van der Waals surface area contributed by atoms with Gasteiger partial charge in [-0.25, -0.2) is 0 Å². The van der Waals surface area contributed by atoms with Crippen LogP contribution in [0.15, 0.2) is 96.2 Å². The predicted molar refractivity (Wildman–Crippen MR) is 115 cm³/mol. The van der Waals surface area contributed by atoms with E-state index in [1.54, 1.807) is 66.8 Å². The fraction of sp³-hybridized carbons (Fsp3) is 0. The standard InChI is InChI=1S/C23H17ClN2O3/c1-3-4-7-14(2)23(29)26-16-12-10-15(11-13-16)25-20-19(24)21(27)17-8-5-6-9-18(17)22(20)28/h3-13,25H,1-2H2,(H,26,29)/b7-4-. The second-order valence-corrected chi connectivity index (χ2v) is 6.55. The lowest BCUT2D eigenvalue weighted by molar-refractivity contribution is -0.112. The van der Waals surface area contributed by atoms with E-state index in [0.717, 1.165) is 0 Å². The number of Topliss-reactive ketones (excluding diaryl/α,β-unsaturated/α-hetero) is 2. The number of amides is 1. The highest BCUT2D eigenvalue weighted by Crippen LogP contribution is 2.29. The Labute approximate surface area is 173 Å². The SMILES string of the molecule is C=C/C=C\C(=C)C(=O)Nc1ccc(NC2=C(Cl)C(=O)c3ccccc3C2=O)cc1. The smallest absolute Gasteiger partial charge is 0.255 e. The second-order valence-electron chi connectivity index (χ2n) is 6.17. The van der Waals surface area contributed by atoms with Gasteiger partial charge in [-0.05, 0) is 24.3 Å². The molecule has 2 N–H and O–H groups in total. The molecule has 3 rings (SSSR count). The number of anilines is 2. The Kier molecular flexibility index (Phi) is 5.90. The van der Waals surface area contributed by atoms with Crippen molar-refractivity contribution in [1.82, 2.24) is 0 Å². The third-order valence-corrected chi connectivity index (χ3v) is 4.56. The van der Waals surface area contributed by atoms with Gasteiger partial charge in [0.15, 0.2) is 0 Å². The second kappa shape index (κ2) is 8.54. The number of fused-ring (bicyclic) bond motifs is 1. The lowest BCUT2D eigenvalue weighted by Crippen LogP contribution is -2.24. The monoisotopic (exact) mass is 404 g/mol. The molecule has 5 nitrogen and oxygen atoms in total. The van der Waals surface area contributed by atoms with E-state index in [1.165, 1.54) is 0 Å². The third kappa shape index (κ3) is 4.25. The van der Waals surface area contributed by atoms with Crippen LogP contribution in [0.4, 0.5) is 11.4 Å². The highest BCUT2D eigenvalue weighted by molar-refractivity contribution is 6.50. The maximum atomic E-state index is 12.7. The minimum absolute atomic E-state index is 0.0232. The molecule has 0 bridgehead atoms. The molecule has 0 fully saturated rings. The minimum Gasteiger partial charge on any atom is -0.351 e. The summed E-state index contributed by atoms with van der Waals surface area (Å²) in [6.07, 6.45) is 4.72. The lowest BCUT2D eigenvalue weighted by atomic mass is 9.92. The maximum Gasteiger partial charge on any atom is 0.255 e. The Hall–Kier alpha value is -3.70. The number of allylic oxidation sites excluding steroid dienone is 4. The summed E-state index contributed by atoms with van der Waals surface area (Å²) in [5.74, 6) is -1.11. The molecule has 0 saturated heterocycles. The zero-order chi connectivity index (χ0) is 21.0. The Bertz CT molecular complexity index is 1100. The molecule has 1 amide bonds. The fourth-order valence-electron chi connectivity index (χ4n) is 2.71. The van der Waals surface area contributed by atoms with Gasteiger partial charge in [-0.15, -0.1) is 0 Å². The van der Waals surface area contributed by atoms with E-state index in [4.69, 9.17) is 11.6 Å². The number of hydrogen-bond donors (Lipinski definition) is 2. The zero-order valence-electron chi connectivity index (χ0n) is 15.4. The molecule has 0 radical (unpaired) electrons. The summed E-state index contributed by atoms with van der Waals surface area (Å²) in [4.78, 5) is 37.2. The summed E-state index contributed by atoms with van der Waals surface area (Å²) in [5.41, 5.74) is 1.99. The van der Waals surface area contributed by atoms with Crippen LogP contribution in [-0.2, 0) is 4.79 Å². The number of carbonyl (C=O) groups is 3. The van der Waals surface area contributed by atoms with Crippen molar-refractivity contribution in [2.45, 2.75) is 0 Å². The molecule has 0 unspecified atom stereocenters. The number of benzene rings is 2. The molecule has 2 aromatic rings. The largest absolute Gasteiger partial charge is 0.351 e. The lowest BCUT2D eigenvalue weighted by Gasteiger charge is -2.19. The molecule has 0 heterocycles. The molecule has 0 saturated carbocycles. The van der Waals surface area contributed by atoms with Gasteiger partial charge in [-0.1, -0.05) is 67.3 Å². The molecule has 29 heavy (non-hydrogen) atoms. The molecule has 2 aromatic carbocycles. The van der Waals surface area contributed by atoms with Gasteiger partial charge in [-0.3, -0.25) is 14.4 Å². The first-order valence-corrected chi connectivity index (χ1v) is 9.05. The number of halogens is 1. The zero-order valence-corrected chi connectivity index (χ0v) is 16.1. The average molecular weight is 405 g/mol. The number of hydrogen-bond acceptors (Lipinski definition) is 4. The van der Waals surface area contributed by atoms with E-state index < -0.39 is 5.78 Å². The van der Waals surface area contributed by atoms with Crippen molar-refractivity contribution >= 4 is 40.4 Å². The molecule has 0 aliphatic heterocycles. The van der Waals surface area contributed by atoms with Gasteiger partial charge >= 0.3 is 0 Å². The summed E-state index contributed by atoms with van der Waals surface area (Å²) in [5, 5.41) is 5.46. The molecule has 6 heteroatoms. The van der Waals surface area contributed by atoms with Gasteiger partial charge in [0.2, 0.25) is 11.6 Å². The van der Waals surface area contributed by atoms with Crippen LogP contribution in [0.3, 0.4) is 0 Å². The Morgan fingerprint density at radius 1 is 0.931 bits per heavy atom. The van der Waals surface area contributed by atoms with Crippen LogP contribution in [0.5, 0.6) is 0 Å². The van der Waals surface area contributed by atoms with Crippen LogP contribution in [0.2, 0.25) is 0 Å². The average Bonchev–Trinajstić information content (AvgIpc) is 2.74. The highest BCUT2D eigenvalue weighted by atomic mass is 35.5. The van der Waals surface area contributed by atoms with Gasteiger partial charge in [0.25, 0.3) is 5.91 Å². The van der Waals surface area contributed by atoms with Crippen molar-refractivity contribution in [3.8, 4) is 0 Å². The molecular weight excluding hydrogens is 388 g/mol. The van der Waals surface area contributed by atoms with Gasteiger partial charge in [0, 0.05) is 28.1 Å². The number of nitrogens with one attached hydrogen (secondary N) is 2. The minimum atomic E-state index is -0.403. The van der Waals surface area contributed by atoms with E-state index in [2.05, 4.69) is 23.8 Å². The summed E-state index contributed by atoms with van der Waals surface area (Å²) in [6, 6.07) is 13.2.